The first-order valence-electron chi connectivity index (χ1n) is 11.6. The van der Waals surface area contributed by atoms with Gasteiger partial charge < -0.3 is 29.5 Å². The highest BCUT2D eigenvalue weighted by atomic mass is 16.5. The third kappa shape index (κ3) is 6.93. The number of aliphatic hydroxyl groups excluding tert-OH is 1. The van der Waals surface area contributed by atoms with Crippen LogP contribution in [0.4, 0.5) is 0 Å². The number of ether oxygens (including phenoxy) is 3. The number of methoxy groups -OCH3 is 1. The van der Waals surface area contributed by atoms with Gasteiger partial charge in [0, 0.05) is 50.2 Å². The molecule has 0 saturated carbocycles. The quantitative estimate of drug-likeness (QED) is 0.478. The van der Waals surface area contributed by atoms with Crippen LogP contribution >= 0.6 is 0 Å². The van der Waals surface area contributed by atoms with E-state index in [1.165, 1.54) is 0 Å². The van der Waals surface area contributed by atoms with Crippen LogP contribution in [0.3, 0.4) is 0 Å². The zero-order chi connectivity index (χ0) is 23.6. The van der Waals surface area contributed by atoms with Crippen molar-refractivity contribution in [1.82, 2.24) is 10.2 Å². The molecule has 180 valence electrons. The number of nitrogens with one attached hydrogen (secondary N) is 1. The molecule has 2 atom stereocenters. The maximum Gasteiger partial charge on any atom is 0.254 e. The van der Waals surface area contributed by atoms with Crippen molar-refractivity contribution in [3.05, 3.63) is 59.7 Å². The number of rotatable bonds is 12. The Morgan fingerprint density at radius 3 is 2.64 bits per heavy atom. The van der Waals surface area contributed by atoms with E-state index in [-0.39, 0.29) is 30.6 Å². The average molecular weight is 457 g/mol. The van der Waals surface area contributed by atoms with E-state index in [1.54, 1.807) is 25.3 Å². The van der Waals surface area contributed by atoms with Crippen molar-refractivity contribution in [3.8, 4) is 11.5 Å². The number of amides is 1. The van der Waals surface area contributed by atoms with Gasteiger partial charge in [0.1, 0.15) is 0 Å². The van der Waals surface area contributed by atoms with Crippen LogP contribution in [0.1, 0.15) is 36.2 Å². The van der Waals surface area contributed by atoms with Crippen LogP contribution in [0, 0.1) is 5.92 Å². The minimum Gasteiger partial charge on any atom is -0.493 e. The van der Waals surface area contributed by atoms with E-state index in [0.29, 0.717) is 43.2 Å². The molecule has 7 heteroatoms. The van der Waals surface area contributed by atoms with E-state index in [1.807, 2.05) is 36.9 Å². The maximum absolute atomic E-state index is 13.5. The second kappa shape index (κ2) is 12.6. The van der Waals surface area contributed by atoms with Crippen molar-refractivity contribution in [2.45, 2.75) is 39.0 Å². The summed E-state index contributed by atoms with van der Waals surface area (Å²) >= 11 is 0. The van der Waals surface area contributed by atoms with Crippen LogP contribution in [0.15, 0.2) is 48.5 Å². The van der Waals surface area contributed by atoms with Gasteiger partial charge in [0.25, 0.3) is 5.91 Å². The molecular formula is C26H36N2O5. The Morgan fingerprint density at radius 1 is 1.15 bits per heavy atom. The number of hydrogen-bond donors (Lipinski definition) is 2. The van der Waals surface area contributed by atoms with Crippen molar-refractivity contribution in [1.29, 1.82) is 0 Å². The lowest BCUT2D eigenvalue weighted by Crippen LogP contribution is -2.43. The molecule has 0 radical (unpaired) electrons. The van der Waals surface area contributed by atoms with Gasteiger partial charge in [0.05, 0.1) is 26.4 Å². The van der Waals surface area contributed by atoms with Gasteiger partial charge in [0.2, 0.25) is 0 Å². The van der Waals surface area contributed by atoms with Gasteiger partial charge in [-0.2, -0.15) is 0 Å². The normalized spacial score (nSPS) is 17.8. The molecule has 0 unspecified atom stereocenters. The predicted octanol–water partition coefficient (Wildman–Crippen LogP) is 3.11. The molecule has 1 heterocycles. The van der Waals surface area contributed by atoms with Gasteiger partial charge in [-0.3, -0.25) is 4.79 Å². The van der Waals surface area contributed by atoms with Gasteiger partial charge in [0.15, 0.2) is 11.5 Å². The highest BCUT2D eigenvalue weighted by Crippen LogP contribution is 2.29. The van der Waals surface area contributed by atoms with Gasteiger partial charge >= 0.3 is 0 Å². The lowest BCUT2D eigenvalue weighted by atomic mass is 10.0. The van der Waals surface area contributed by atoms with Crippen molar-refractivity contribution in [3.63, 3.8) is 0 Å². The van der Waals surface area contributed by atoms with Gasteiger partial charge in [-0.05, 0) is 37.6 Å². The fraction of sp³-hybridized carbons (Fsp3) is 0.500. The summed E-state index contributed by atoms with van der Waals surface area (Å²) < 4.78 is 17.3. The molecule has 1 fully saturated rings. The Labute approximate surface area is 196 Å². The van der Waals surface area contributed by atoms with E-state index in [9.17, 15) is 4.79 Å². The van der Waals surface area contributed by atoms with Gasteiger partial charge in [-0.1, -0.05) is 30.3 Å². The van der Waals surface area contributed by atoms with Crippen molar-refractivity contribution >= 4 is 5.91 Å². The van der Waals surface area contributed by atoms with Crippen molar-refractivity contribution in [2.75, 3.05) is 40.0 Å². The standard InChI is InChI=1S/C26H36N2O5/c1-19(2)28(17-22-15-27-16-25(22)33-18-20-8-5-4-6-9-20)26(30)21-10-11-23(31-3)24(14-21)32-13-7-12-29/h4-6,8-11,14,19,22,25,27,29H,7,12-13,15-18H2,1-3H3/t22-,25+/m0/s1. The highest BCUT2D eigenvalue weighted by Gasteiger charge is 2.32. The number of hydrogen-bond acceptors (Lipinski definition) is 6. The van der Waals surface area contributed by atoms with E-state index in [4.69, 9.17) is 19.3 Å². The fourth-order valence-corrected chi connectivity index (χ4v) is 3.98. The van der Waals surface area contributed by atoms with E-state index in [0.717, 1.165) is 18.7 Å². The number of aliphatic hydroxyl groups is 1. The van der Waals surface area contributed by atoms with Gasteiger partial charge in [-0.25, -0.2) is 0 Å². The summed E-state index contributed by atoms with van der Waals surface area (Å²) in [7, 11) is 1.57. The topological polar surface area (TPSA) is 80.3 Å². The largest absolute Gasteiger partial charge is 0.493 e. The highest BCUT2D eigenvalue weighted by molar-refractivity contribution is 5.95. The van der Waals surface area contributed by atoms with Crippen LogP contribution in [-0.4, -0.2) is 68.0 Å². The lowest BCUT2D eigenvalue weighted by Gasteiger charge is -2.31. The average Bonchev–Trinajstić information content (AvgIpc) is 3.28. The van der Waals surface area contributed by atoms with Gasteiger partial charge in [-0.15, -0.1) is 0 Å². The first-order chi connectivity index (χ1) is 16.0. The SMILES string of the molecule is COc1ccc(C(=O)N(C[C@@H]2CNC[C@H]2OCc2ccccc2)C(C)C)cc1OCCCO. The fourth-order valence-electron chi connectivity index (χ4n) is 3.98. The Hall–Kier alpha value is -2.61. The predicted molar refractivity (Wildman–Crippen MR) is 128 cm³/mol. The van der Waals surface area contributed by atoms with E-state index >= 15 is 0 Å². The summed E-state index contributed by atoms with van der Waals surface area (Å²) in [6.07, 6.45) is 0.561. The van der Waals surface area contributed by atoms with E-state index in [2.05, 4.69) is 17.4 Å². The first-order valence-corrected chi connectivity index (χ1v) is 11.6. The minimum absolute atomic E-state index is 0.0359. The van der Waals surface area contributed by atoms with Crippen LogP contribution < -0.4 is 14.8 Å². The molecule has 7 nitrogen and oxygen atoms in total. The van der Waals surface area contributed by atoms with Crippen molar-refractivity contribution < 1.29 is 24.1 Å². The number of carbonyl (C=O) groups excluding carboxylic acids is 1. The molecule has 2 aromatic carbocycles. The third-order valence-corrected chi connectivity index (χ3v) is 5.87. The molecule has 0 spiro atoms. The molecule has 2 N–H and O–H groups in total. The molecular weight excluding hydrogens is 420 g/mol. The summed E-state index contributed by atoms with van der Waals surface area (Å²) in [5, 5.41) is 12.4. The first kappa shape index (κ1) is 25.0. The Kier molecular flexibility index (Phi) is 9.54. The molecule has 1 amide bonds. The lowest BCUT2D eigenvalue weighted by molar-refractivity contribution is 0.0129. The summed E-state index contributed by atoms with van der Waals surface area (Å²) in [6, 6.07) is 15.4. The summed E-state index contributed by atoms with van der Waals surface area (Å²) in [4.78, 5) is 15.4. The van der Waals surface area contributed by atoms with Crippen LogP contribution in [0.25, 0.3) is 0 Å². The number of nitrogens with zero attached hydrogens (tertiary/aromatic N) is 1. The second-order valence-corrected chi connectivity index (χ2v) is 8.60. The monoisotopic (exact) mass is 456 g/mol. The zero-order valence-corrected chi connectivity index (χ0v) is 19.8. The maximum atomic E-state index is 13.5. The summed E-state index contributed by atoms with van der Waals surface area (Å²) in [6.45, 7) is 7.22. The molecule has 1 aliphatic rings. The Bertz CT molecular complexity index is 874. The smallest absolute Gasteiger partial charge is 0.254 e. The molecule has 3 rings (SSSR count). The van der Waals surface area contributed by atoms with Crippen LogP contribution in [-0.2, 0) is 11.3 Å². The number of carbonyl (C=O) groups is 1. The van der Waals surface area contributed by atoms with Crippen molar-refractivity contribution in [2.24, 2.45) is 5.92 Å². The minimum atomic E-state index is -0.0478. The molecule has 0 bridgehead atoms. The molecule has 0 aliphatic carbocycles. The Balaban J connectivity index is 1.68. The third-order valence-electron chi connectivity index (χ3n) is 5.87. The summed E-state index contributed by atoms with van der Waals surface area (Å²) in [5.74, 6) is 1.23. The second-order valence-electron chi connectivity index (χ2n) is 8.60. The molecule has 0 aromatic heterocycles. The van der Waals surface area contributed by atoms with Crippen LogP contribution in [0.5, 0.6) is 11.5 Å². The van der Waals surface area contributed by atoms with Crippen LogP contribution in [0.2, 0.25) is 0 Å². The molecule has 1 aliphatic heterocycles. The molecule has 2 aromatic rings. The summed E-state index contributed by atoms with van der Waals surface area (Å²) in [5.41, 5.74) is 1.70. The molecule has 1 saturated heterocycles. The Morgan fingerprint density at radius 2 is 1.94 bits per heavy atom. The van der Waals surface area contributed by atoms with E-state index < -0.39 is 0 Å². The molecule has 33 heavy (non-hydrogen) atoms. The number of benzene rings is 2. The zero-order valence-electron chi connectivity index (χ0n) is 19.8.